The van der Waals surface area contributed by atoms with Gasteiger partial charge in [-0.25, -0.2) is 9.97 Å². The van der Waals surface area contributed by atoms with Crippen molar-refractivity contribution >= 4 is 44.3 Å². The molecule has 0 atom stereocenters. The average Bonchev–Trinajstić information content (AvgIpc) is 3.09. The predicted octanol–water partition coefficient (Wildman–Crippen LogP) is 5.31. The van der Waals surface area contributed by atoms with E-state index in [1.54, 1.807) is 0 Å². The number of aromatic nitrogens is 2. The molecule has 2 heterocycles. The molecule has 0 saturated carbocycles. The second kappa shape index (κ2) is 6.10. The van der Waals surface area contributed by atoms with E-state index in [4.69, 9.17) is 21.6 Å². The lowest BCUT2D eigenvalue weighted by atomic mass is 10.1. The highest BCUT2D eigenvalue weighted by Gasteiger charge is 2.19. The maximum absolute atomic E-state index is 6.35. The number of hydrogen-bond donors (Lipinski definition) is 0. The minimum absolute atomic E-state index is 0.677. The molecule has 1 aromatic heterocycles. The van der Waals surface area contributed by atoms with Crippen molar-refractivity contribution in [1.82, 2.24) is 9.97 Å². The molecule has 0 spiro atoms. The topological polar surface area (TPSA) is 29.0 Å². The van der Waals surface area contributed by atoms with Gasteiger partial charge >= 0.3 is 0 Å². The SMILES string of the molecule is Clc1ccccc1-c1nc(N2CCCC2)c2cc(Br)ccc2n1. The molecule has 0 unspecified atom stereocenters. The van der Waals surface area contributed by atoms with Gasteiger partial charge in [0, 0.05) is 28.5 Å². The number of halogens is 2. The van der Waals surface area contributed by atoms with Crippen LogP contribution in [0.5, 0.6) is 0 Å². The van der Waals surface area contributed by atoms with Crippen LogP contribution in [0.3, 0.4) is 0 Å². The maximum Gasteiger partial charge on any atom is 0.163 e. The van der Waals surface area contributed by atoms with Gasteiger partial charge in [0.1, 0.15) is 5.82 Å². The van der Waals surface area contributed by atoms with Crippen LogP contribution in [0.1, 0.15) is 12.8 Å². The molecular formula is C18H15BrClN3. The highest BCUT2D eigenvalue weighted by Crippen LogP contribution is 2.33. The van der Waals surface area contributed by atoms with E-state index in [1.807, 2.05) is 36.4 Å². The molecule has 0 bridgehead atoms. The molecule has 0 N–H and O–H groups in total. The summed E-state index contributed by atoms with van der Waals surface area (Å²) in [4.78, 5) is 11.9. The first kappa shape index (κ1) is 14.9. The molecule has 116 valence electrons. The third-order valence-corrected chi connectivity index (χ3v) is 4.98. The molecule has 4 rings (SSSR count). The lowest BCUT2D eigenvalue weighted by Gasteiger charge is -2.19. The summed E-state index contributed by atoms with van der Waals surface area (Å²) in [5.74, 6) is 1.69. The molecule has 1 aliphatic rings. The quantitative estimate of drug-likeness (QED) is 0.595. The molecular weight excluding hydrogens is 374 g/mol. The van der Waals surface area contributed by atoms with Crippen LogP contribution in [0.25, 0.3) is 22.3 Å². The van der Waals surface area contributed by atoms with Crippen molar-refractivity contribution in [3.05, 3.63) is 52.0 Å². The van der Waals surface area contributed by atoms with Crippen molar-refractivity contribution in [1.29, 1.82) is 0 Å². The van der Waals surface area contributed by atoms with Crippen molar-refractivity contribution in [2.24, 2.45) is 0 Å². The smallest absolute Gasteiger partial charge is 0.163 e. The van der Waals surface area contributed by atoms with E-state index < -0.39 is 0 Å². The number of anilines is 1. The molecule has 0 radical (unpaired) electrons. The normalized spacial score (nSPS) is 14.6. The first-order chi connectivity index (χ1) is 11.2. The summed E-state index contributed by atoms with van der Waals surface area (Å²) < 4.78 is 1.04. The first-order valence-electron chi connectivity index (χ1n) is 7.69. The third kappa shape index (κ3) is 2.81. The van der Waals surface area contributed by atoms with Crippen LogP contribution in [0.15, 0.2) is 46.9 Å². The molecule has 23 heavy (non-hydrogen) atoms. The minimum atomic E-state index is 0.677. The maximum atomic E-state index is 6.35. The van der Waals surface area contributed by atoms with Gasteiger partial charge in [-0.1, -0.05) is 39.7 Å². The van der Waals surface area contributed by atoms with Crippen molar-refractivity contribution in [2.75, 3.05) is 18.0 Å². The molecule has 1 fully saturated rings. The summed E-state index contributed by atoms with van der Waals surface area (Å²) in [5, 5.41) is 1.76. The zero-order valence-corrected chi connectivity index (χ0v) is 14.8. The van der Waals surface area contributed by atoms with Crippen LogP contribution in [-0.4, -0.2) is 23.1 Å². The van der Waals surface area contributed by atoms with E-state index >= 15 is 0 Å². The fraction of sp³-hybridized carbons (Fsp3) is 0.222. The van der Waals surface area contributed by atoms with Gasteiger partial charge in [0.25, 0.3) is 0 Å². The van der Waals surface area contributed by atoms with Gasteiger partial charge in [0.2, 0.25) is 0 Å². The summed E-state index contributed by atoms with van der Waals surface area (Å²) in [7, 11) is 0. The Labute approximate surface area is 148 Å². The predicted molar refractivity (Wildman–Crippen MR) is 99.1 cm³/mol. The molecule has 1 aliphatic heterocycles. The second-order valence-electron chi connectivity index (χ2n) is 5.71. The van der Waals surface area contributed by atoms with Crippen LogP contribution in [-0.2, 0) is 0 Å². The zero-order chi connectivity index (χ0) is 15.8. The highest BCUT2D eigenvalue weighted by molar-refractivity contribution is 9.10. The van der Waals surface area contributed by atoms with Crippen molar-refractivity contribution in [3.63, 3.8) is 0 Å². The Morgan fingerprint density at radius 3 is 2.57 bits per heavy atom. The minimum Gasteiger partial charge on any atom is -0.356 e. The number of benzene rings is 2. The van der Waals surface area contributed by atoms with Gasteiger partial charge < -0.3 is 4.90 Å². The summed E-state index contributed by atoms with van der Waals surface area (Å²) in [6, 6.07) is 13.9. The summed E-state index contributed by atoms with van der Waals surface area (Å²) in [5.41, 5.74) is 1.82. The van der Waals surface area contributed by atoms with E-state index in [0.29, 0.717) is 10.8 Å². The van der Waals surface area contributed by atoms with Gasteiger partial charge in [0.15, 0.2) is 5.82 Å². The Balaban J connectivity index is 1.96. The first-order valence-corrected chi connectivity index (χ1v) is 8.86. The van der Waals surface area contributed by atoms with E-state index in [0.717, 1.165) is 39.8 Å². The molecule has 0 amide bonds. The van der Waals surface area contributed by atoms with Crippen molar-refractivity contribution in [2.45, 2.75) is 12.8 Å². The van der Waals surface area contributed by atoms with Gasteiger partial charge in [-0.05, 0) is 43.2 Å². The van der Waals surface area contributed by atoms with Crippen molar-refractivity contribution in [3.8, 4) is 11.4 Å². The lowest BCUT2D eigenvalue weighted by Crippen LogP contribution is -2.20. The molecule has 2 aromatic carbocycles. The number of hydrogen-bond acceptors (Lipinski definition) is 3. The average molecular weight is 389 g/mol. The monoisotopic (exact) mass is 387 g/mol. The highest BCUT2D eigenvalue weighted by atomic mass is 79.9. The molecule has 5 heteroatoms. The van der Waals surface area contributed by atoms with Gasteiger partial charge in [-0.3, -0.25) is 0 Å². The van der Waals surface area contributed by atoms with Crippen LogP contribution in [0.4, 0.5) is 5.82 Å². The van der Waals surface area contributed by atoms with E-state index in [1.165, 1.54) is 12.8 Å². The molecule has 0 aliphatic carbocycles. The Kier molecular flexibility index (Phi) is 3.95. The number of nitrogens with zero attached hydrogens (tertiary/aromatic N) is 3. The van der Waals surface area contributed by atoms with Crippen LogP contribution in [0, 0.1) is 0 Å². The fourth-order valence-electron chi connectivity index (χ4n) is 3.02. The number of fused-ring (bicyclic) bond motifs is 1. The lowest BCUT2D eigenvalue weighted by molar-refractivity contribution is 0.941. The van der Waals surface area contributed by atoms with Crippen LogP contribution < -0.4 is 4.90 Å². The second-order valence-corrected chi connectivity index (χ2v) is 7.03. The zero-order valence-electron chi connectivity index (χ0n) is 12.5. The van der Waals surface area contributed by atoms with E-state index in [2.05, 4.69) is 26.9 Å². The third-order valence-electron chi connectivity index (χ3n) is 4.16. The molecule has 3 nitrogen and oxygen atoms in total. The molecule has 1 saturated heterocycles. The van der Waals surface area contributed by atoms with E-state index in [9.17, 15) is 0 Å². The summed E-state index contributed by atoms with van der Waals surface area (Å²) in [6.45, 7) is 2.08. The van der Waals surface area contributed by atoms with Gasteiger partial charge in [0.05, 0.1) is 10.5 Å². The van der Waals surface area contributed by atoms with Crippen LogP contribution >= 0.6 is 27.5 Å². The Morgan fingerprint density at radius 1 is 1.00 bits per heavy atom. The largest absolute Gasteiger partial charge is 0.356 e. The van der Waals surface area contributed by atoms with Crippen LogP contribution in [0.2, 0.25) is 5.02 Å². The fourth-order valence-corrected chi connectivity index (χ4v) is 3.60. The number of rotatable bonds is 2. The van der Waals surface area contributed by atoms with Crippen molar-refractivity contribution < 1.29 is 0 Å². The Bertz CT molecular complexity index is 875. The van der Waals surface area contributed by atoms with Gasteiger partial charge in [-0.2, -0.15) is 0 Å². The Morgan fingerprint density at radius 2 is 1.78 bits per heavy atom. The van der Waals surface area contributed by atoms with Gasteiger partial charge in [-0.15, -0.1) is 0 Å². The molecule has 3 aromatic rings. The Hall–Kier alpha value is -1.65. The standard InChI is InChI=1S/C18H15BrClN3/c19-12-7-8-16-14(11-12)18(23-9-3-4-10-23)22-17(21-16)13-5-1-2-6-15(13)20/h1-2,5-8,11H,3-4,9-10H2. The summed E-state index contributed by atoms with van der Waals surface area (Å²) in [6.07, 6.45) is 2.42. The van der Waals surface area contributed by atoms with E-state index in [-0.39, 0.29) is 0 Å². The summed E-state index contributed by atoms with van der Waals surface area (Å²) >= 11 is 9.90.